The quantitative estimate of drug-likeness (QED) is 0.690. The smallest absolute Gasteiger partial charge is 0.338 e. The molecule has 0 spiro atoms. The zero-order valence-corrected chi connectivity index (χ0v) is 9.20. The second-order valence-electron chi connectivity index (χ2n) is 3.02. The molecule has 2 aliphatic heterocycles. The van der Waals surface area contributed by atoms with E-state index in [2.05, 4.69) is 0 Å². The van der Waals surface area contributed by atoms with Crippen LogP contribution in [0.2, 0.25) is 0 Å². The number of thioether (sulfide) groups is 2. The van der Waals surface area contributed by atoms with Crippen LogP contribution in [0.3, 0.4) is 0 Å². The van der Waals surface area contributed by atoms with E-state index < -0.39 is 0 Å². The average Bonchev–Trinajstić information content (AvgIpc) is 2.47. The molecule has 3 nitrogen and oxygen atoms in total. The van der Waals surface area contributed by atoms with Crippen molar-refractivity contribution in [3.05, 3.63) is 23.6 Å². The van der Waals surface area contributed by atoms with Crippen molar-refractivity contribution in [3.8, 4) is 0 Å². The second-order valence-corrected chi connectivity index (χ2v) is 5.81. The highest BCUT2D eigenvalue weighted by atomic mass is 32.2. The highest BCUT2D eigenvalue weighted by molar-refractivity contribution is 8.17. The molecular formula is C9H11NO2S2. The fourth-order valence-electron chi connectivity index (χ4n) is 1.25. The normalized spacial score (nSPS) is 26.4. The summed E-state index contributed by atoms with van der Waals surface area (Å²) in [6.45, 7) is 0. The summed E-state index contributed by atoms with van der Waals surface area (Å²) in [6, 6.07) is 0. The lowest BCUT2D eigenvalue weighted by Crippen LogP contribution is -2.07. The Balaban J connectivity index is 2.03. The molecule has 0 unspecified atom stereocenters. The summed E-state index contributed by atoms with van der Waals surface area (Å²) >= 11 is 3.73. The van der Waals surface area contributed by atoms with Gasteiger partial charge in [-0.05, 0) is 24.0 Å². The minimum Gasteiger partial charge on any atom is -0.421 e. The van der Waals surface area contributed by atoms with Gasteiger partial charge in [0, 0.05) is 0 Å². The van der Waals surface area contributed by atoms with Crippen LogP contribution in [0.4, 0.5) is 0 Å². The fourth-order valence-corrected chi connectivity index (χ4v) is 3.92. The molecule has 0 aromatic heterocycles. The Kier molecular flexibility index (Phi) is 3.08. The first-order valence-corrected chi connectivity index (χ1v) is 6.50. The number of carbonyl (C=O) groups is 1. The standard InChI is InChI=1S/C9H11NO2S2/c10-6-4-8(11)12-7(6)5-9-13-2-1-3-14-9/h4-5,9H,1-3,10H2/b7-5+. The van der Waals surface area contributed by atoms with Gasteiger partial charge in [0.1, 0.15) is 0 Å². The van der Waals surface area contributed by atoms with Crippen LogP contribution in [0, 0.1) is 0 Å². The zero-order chi connectivity index (χ0) is 9.97. The first kappa shape index (κ1) is 9.98. The summed E-state index contributed by atoms with van der Waals surface area (Å²) in [4.78, 5) is 10.9. The minimum absolute atomic E-state index is 0.362. The van der Waals surface area contributed by atoms with Crippen LogP contribution < -0.4 is 5.73 Å². The number of cyclic esters (lactones) is 1. The van der Waals surface area contributed by atoms with E-state index in [9.17, 15) is 4.79 Å². The monoisotopic (exact) mass is 229 g/mol. The molecule has 1 saturated heterocycles. The summed E-state index contributed by atoms with van der Waals surface area (Å²) < 4.78 is 5.33. The zero-order valence-electron chi connectivity index (χ0n) is 7.56. The predicted octanol–water partition coefficient (Wildman–Crippen LogP) is 1.47. The maximum atomic E-state index is 10.9. The molecule has 76 valence electrons. The first-order chi connectivity index (χ1) is 6.75. The Labute approximate surface area is 91.1 Å². The van der Waals surface area contributed by atoms with Crippen LogP contribution in [0.1, 0.15) is 6.42 Å². The third kappa shape index (κ3) is 2.27. The molecule has 2 N–H and O–H groups in total. The molecule has 0 aromatic rings. The molecule has 0 amide bonds. The minimum atomic E-state index is -0.362. The summed E-state index contributed by atoms with van der Waals surface area (Å²) in [6.07, 6.45) is 4.51. The van der Waals surface area contributed by atoms with Crippen molar-refractivity contribution in [2.75, 3.05) is 11.5 Å². The van der Waals surface area contributed by atoms with Crippen molar-refractivity contribution < 1.29 is 9.53 Å². The lowest BCUT2D eigenvalue weighted by Gasteiger charge is -2.17. The third-order valence-electron chi connectivity index (χ3n) is 1.91. The Morgan fingerprint density at radius 2 is 2.21 bits per heavy atom. The second kappa shape index (κ2) is 4.31. The Morgan fingerprint density at radius 1 is 1.50 bits per heavy atom. The lowest BCUT2D eigenvalue weighted by molar-refractivity contribution is -0.132. The van der Waals surface area contributed by atoms with Crippen molar-refractivity contribution in [2.24, 2.45) is 5.73 Å². The molecule has 1 fully saturated rings. The molecule has 0 radical (unpaired) electrons. The Morgan fingerprint density at radius 3 is 2.79 bits per heavy atom. The van der Waals surface area contributed by atoms with Crippen LogP contribution in [-0.2, 0) is 9.53 Å². The average molecular weight is 229 g/mol. The largest absolute Gasteiger partial charge is 0.421 e. The predicted molar refractivity (Wildman–Crippen MR) is 59.8 cm³/mol. The van der Waals surface area contributed by atoms with Gasteiger partial charge in [0.2, 0.25) is 0 Å². The molecule has 0 atom stereocenters. The highest BCUT2D eigenvalue weighted by Gasteiger charge is 2.20. The molecular weight excluding hydrogens is 218 g/mol. The first-order valence-electron chi connectivity index (χ1n) is 4.40. The van der Waals surface area contributed by atoms with E-state index in [1.54, 1.807) is 0 Å². The number of esters is 1. The van der Waals surface area contributed by atoms with Crippen LogP contribution in [0.5, 0.6) is 0 Å². The molecule has 2 aliphatic rings. The Hall–Kier alpha value is -0.550. The molecule has 0 aliphatic carbocycles. The number of carbonyl (C=O) groups excluding carboxylic acids is 1. The van der Waals surface area contributed by atoms with Gasteiger partial charge in [-0.1, -0.05) is 0 Å². The molecule has 0 bridgehead atoms. The van der Waals surface area contributed by atoms with Gasteiger partial charge in [-0.2, -0.15) is 0 Å². The summed E-state index contributed by atoms with van der Waals surface area (Å²) in [5, 5.41) is 0. The van der Waals surface area contributed by atoms with E-state index in [4.69, 9.17) is 10.5 Å². The topological polar surface area (TPSA) is 52.3 Å². The van der Waals surface area contributed by atoms with E-state index in [1.165, 1.54) is 24.0 Å². The van der Waals surface area contributed by atoms with Crippen LogP contribution in [-0.4, -0.2) is 22.1 Å². The fraction of sp³-hybridized carbons (Fsp3) is 0.444. The summed E-state index contributed by atoms with van der Waals surface area (Å²) in [7, 11) is 0. The molecule has 14 heavy (non-hydrogen) atoms. The summed E-state index contributed by atoms with van der Waals surface area (Å²) in [5.74, 6) is 2.50. The number of nitrogens with two attached hydrogens (primary N) is 1. The van der Waals surface area contributed by atoms with Crippen molar-refractivity contribution in [1.29, 1.82) is 0 Å². The van der Waals surface area contributed by atoms with Crippen LogP contribution in [0.15, 0.2) is 23.6 Å². The van der Waals surface area contributed by atoms with Crippen molar-refractivity contribution >= 4 is 29.5 Å². The number of rotatable bonds is 1. The van der Waals surface area contributed by atoms with Gasteiger partial charge < -0.3 is 10.5 Å². The van der Waals surface area contributed by atoms with Crippen molar-refractivity contribution in [3.63, 3.8) is 0 Å². The maximum absolute atomic E-state index is 10.9. The van der Waals surface area contributed by atoms with Crippen LogP contribution >= 0.6 is 23.5 Å². The van der Waals surface area contributed by atoms with Gasteiger partial charge in [-0.3, -0.25) is 0 Å². The molecule has 5 heteroatoms. The molecule has 2 rings (SSSR count). The van der Waals surface area contributed by atoms with Gasteiger partial charge >= 0.3 is 5.97 Å². The molecule has 0 aromatic carbocycles. The summed E-state index contributed by atoms with van der Waals surface area (Å²) in [5.41, 5.74) is 6.06. The maximum Gasteiger partial charge on any atom is 0.338 e. The third-order valence-corrected chi connectivity index (χ3v) is 4.70. The van der Waals surface area contributed by atoms with Crippen molar-refractivity contribution in [1.82, 2.24) is 0 Å². The van der Waals surface area contributed by atoms with Gasteiger partial charge in [-0.25, -0.2) is 4.79 Å². The van der Waals surface area contributed by atoms with Gasteiger partial charge in [0.15, 0.2) is 5.76 Å². The van der Waals surface area contributed by atoms with E-state index in [0.29, 0.717) is 16.0 Å². The van der Waals surface area contributed by atoms with E-state index in [0.717, 1.165) is 0 Å². The number of ether oxygens (including phenoxy) is 1. The highest BCUT2D eigenvalue weighted by Crippen LogP contribution is 2.33. The molecule has 2 heterocycles. The van der Waals surface area contributed by atoms with E-state index in [1.807, 2.05) is 29.6 Å². The SMILES string of the molecule is NC1=CC(=O)O/C1=C/C1SCCCS1. The van der Waals surface area contributed by atoms with Crippen molar-refractivity contribution in [2.45, 2.75) is 11.0 Å². The molecule has 0 saturated carbocycles. The van der Waals surface area contributed by atoms with Crippen LogP contribution in [0.25, 0.3) is 0 Å². The Bertz CT molecular complexity index is 306. The van der Waals surface area contributed by atoms with Gasteiger partial charge in [0.25, 0.3) is 0 Å². The van der Waals surface area contributed by atoms with E-state index >= 15 is 0 Å². The van der Waals surface area contributed by atoms with Gasteiger partial charge in [0.05, 0.1) is 16.4 Å². The van der Waals surface area contributed by atoms with E-state index in [-0.39, 0.29) is 5.97 Å². The number of hydrogen-bond acceptors (Lipinski definition) is 5. The lowest BCUT2D eigenvalue weighted by atomic mass is 10.4. The van der Waals surface area contributed by atoms with Gasteiger partial charge in [-0.15, -0.1) is 23.5 Å². The number of hydrogen-bond donors (Lipinski definition) is 1.